The first-order valence-electron chi connectivity index (χ1n) is 9.90. The topological polar surface area (TPSA) is 49.6 Å². The molecule has 2 N–H and O–H groups in total. The van der Waals surface area contributed by atoms with E-state index in [1.165, 1.54) is 5.56 Å². The molecule has 27 heavy (non-hydrogen) atoms. The fourth-order valence-corrected chi connectivity index (χ4v) is 3.95. The molecule has 3 rings (SSSR count). The van der Waals surface area contributed by atoms with Crippen molar-refractivity contribution >= 4 is 5.91 Å². The number of hydrogen-bond donors (Lipinski definition) is 1. The molecule has 144 valence electrons. The summed E-state index contributed by atoms with van der Waals surface area (Å²) in [4.78, 5) is 17.6. The van der Waals surface area contributed by atoms with Gasteiger partial charge in [-0.1, -0.05) is 60.7 Å². The minimum Gasteiger partial charge on any atom is -0.341 e. The number of carbonyl (C=O) groups is 1. The SMILES string of the molecule is CCN(CC1CCN(Cc2ccccc2)C1)C(=O)C(C)(N)c1ccccc1. The first-order chi connectivity index (χ1) is 13.0. The fraction of sp³-hybridized carbons (Fsp3) is 0.435. The van der Waals surface area contributed by atoms with Gasteiger partial charge in [-0.3, -0.25) is 9.69 Å². The Labute approximate surface area is 163 Å². The van der Waals surface area contributed by atoms with E-state index in [0.29, 0.717) is 12.5 Å². The van der Waals surface area contributed by atoms with Crippen molar-refractivity contribution in [2.24, 2.45) is 11.7 Å². The fourth-order valence-electron chi connectivity index (χ4n) is 3.95. The highest BCUT2D eigenvalue weighted by Gasteiger charge is 2.35. The lowest BCUT2D eigenvalue weighted by Crippen LogP contribution is -2.52. The first kappa shape index (κ1) is 19.6. The summed E-state index contributed by atoms with van der Waals surface area (Å²) in [6.45, 7) is 8.43. The van der Waals surface area contributed by atoms with E-state index in [2.05, 4.69) is 35.2 Å². The molecule has 2 aromatic rings. The number of nitrogens with two attached hydrogens (primary N) is 1. The zero-order valence-corrected chi connectivity index (χ0v) is 16.5. The van der Waals surface area contributed by atoms with Crippen LogP contribution in [0.5, 0.6) is 0 Å². The van der Waals surface area contributed by atoms with Crippen LogP contribution in [-0.4, -0.2) is 41.9 Å². The summed E-state index contributed by atoms with van der Waals surface area (Å²) in [7, 11) is 0. The molecule has 2 atom stereocenters. The Balaban J connectivity index is 1.59. The van der Waals surface area contributed by atoms with Gasteiger partial charge in [0.1, 0.15) is 5.54 Å². The van der Waals surface area contributed by atoms with Gasteiger partial charge < -0.3 is 10.6 Å². The van der Waals surface area contributed by atoms with Crippen LogP contribution in [0.4, 0.5) is 0 Å². The quantitative estimate of drug-likeness (QED) is 0.819. The standard InChI is InChI=1S/C23H31N3O/c1-3-26(22(27)23(2,24)21-12-8-5-9-13-21)18-20-14-15-25(17-20)16-19-10-6-4-7-11-19/h4-13,20H,3,14-18,24H2,1-2H3. The molecule has 0 aromatic heterocycles. The van der Waals surface area contributed by atoms with E-state index in [1.54, 1.807) is 0 Å². The largest absolute Gasteiger partial charge is 0.341 e. The highest BCUT2D eigenvalue weighted by Crippen LogP contribution is 2.24. The van der Waals surface area contributed by atoms with Crippen LogP contribution in [0.2, 0.25) is 0 Å². The predicted molar refractivity (Wildman–Crippen MR) is 110 cm³/mol. The van der Waals surface area contributed by atoms with Crippen molar-refractivity contribution in [1.29, 1.82) is 0 Å². The van der Waals surface area contributed by atoms with Crippen LogP contribution in [0.1, 0.15) is 31.4 Å². The van der Waals surface area contributed by atoms with Gasteiger partial charge >= 0.3 is 0 Å². The van der Waals surface area contributed by atoms with Crippen molar-refractivity contribution in [3.8, 4) is 0 Å². The minimum absolute atomic E-state index is 0.0118. The molecule has 0 radical (unpaired) electrons. The molecule has 1 amide bonds. The van der Waals surface area contributed by atoms with E-state index >= 15 is 0 Å². The molecule has 0 spiro atoms. The second kappa shape index (κ2) is 8.68. The van der Waals surface area contributed by atoms with Gasteiger partial charge in [0.05, 0.1) is 0 Å². The minimum atomic E-state index is -0.987. The summed E-state index contributed by atoms with van der Waals surface area (Å²) < 4.78 is 0. The molecule has 0 bridgehead atoms. The van der Waals surface area contributed by atoms with Crippen molar-refractivity contribution in [2.75, 3.05) is 26.2 Å². The maximum absolute atomic E-state index is 13.1. The Kier molecular flexibility index (Phi) is 6.30. The van der Waals surface area contributed by atoms with E-state index in [-0.39, 0.29) is 5.91 Å². The smallest absolute Gasteiger partial charge is 0.246 e. The zero-order chi connectivity index (χ0) is 19.3. The highest BCUT2D eigenvalue weighted by molar-refractivity contribution is 5.87. The van der Waals surface area contributed by atoms with Crippen LogP contribution in [0, 0.1) is 5.92 Å². The van der Waals surface area contributed by atoms with Gasteiger partial charge in [0.15, 0.2) is 0 Å². The maximum atomic E-state index is 13.1. The summed E-state index contributed by atoms with van der Waals surface area (Å²) in [6.07, 6.45) is 1.13. The Hall–Kier alpha value is -2.17. The Morgan fingerprint density at radius 1 is 1.15 bits per heavy atom. The molecule has 0 aliphatic carbocycles. The Morgan fingerprint density at radius 3 is 2.41 bits per heavy atom. The third-order valence-electron chi connectivity index (χ3n) is 5.58. The molecule has 1 aliphatic rings. The molecule has 1 fully saturated rings. The molecule has 1 aliphatic heterocycles. The van der Waals surface area contributed by atoms with Crippen molar-refractivity contribution in [2.45, 2.75) is 32.4 Å². The van der Waals surface area contributed by atoms with E-state index in [1.807, 2.05) is 49.1 Å². The van der Waals surface area contributed by atoms with Crippen LogP contribution in [0.3, 0.4) is 0 Å². The normalized spacial score (nSPS) is 19.6. The molecule has 2 aromatic carbocycles. The maximum Gasteiger partial charge on any atom is 0.246 e. The molecule has 4 nitrogen and oxygen atoms in total. The van der Waals surface area contributed by atoms with Gasteiger partial charge in [-0.2, -0.15) is 0 Å². The zero-order valence-electron chi connectivity index (χ0n) is 16.5. The van der Waals surface area contributed by atoms with Crippen molar-refractivity contribution in [3.05, 3.63) is 71.8 Å². The molecule has 1 heterocycles. The van der Waals surface area contributed by atoms with Crippen LogP contribution < -0.4 is 5.73 Å². The lowest BCUT2D eigenvalue weighted by molar-refractivity contribution is -0.137. The van der Waals surface area contributed by atoms with Crippen molar-refractivity contribution in [3.63, 3.8) is 0 Å². The average molecular weight is 366 g/mol. The highest BCUT2D eigenvalue weighted by atomic mass is 16.2. The van der Waals surface area contributed by atoms with Gasteiger partial charge in [-0.25, -0.2) is 0 Å². The van der Waals surface area contributed by atoms with E-state index in [0.717, 1.165) is 38.2 Å². The van der Waals surface area contributed by atoms with Gasteiger partial charge in [0, 0.05) is 26.2 Å². The number of likely N-dealkylation sites (tertiary alicyclic amines) is 1. The van der Waals surface area contributed by atoms with Crippen molar-refractivity contribution < 1.29 is 4.79 Å². The lowest BCUT2D eigenvalue weighted by Gasteiger charge is -2.33. The monoisotopic (exact) mass is 365 g/mol. The molecular weight excluding hydrogens is 334 g/mol. The molecule has 2 unspecified atom stereocenters. The number of rotatable bonds is 7. The number of amides is 1. The van der Waals surface area contributed by atoms with Gasteiger partial charge in [0.2, 0.25) is 5.91 Å². The van der Waals surface area contributed by atoms with Gasteiger partial charge in [0.25, 0.3) is 0 Å². The number of hydrogen-bond acceptors (Lipinski definition) is 3. The van der Waals surface area contributed by atoms with Crippen LogP contribution in [0.25, 0.3) is 0 Å². The molecule has 4 heteroatoms. The molecule has 1 saturated heterocycles. The predicted octanol–water partition coefficient (Wildman–Crippen LogP) is 3.23. The van der Waals surface area contributed by atoms with Crippen LogP contribution in [0.15, 0.2) is 60.7 Å². The van der Waals surface area contributed by atoms with E-state index in [9.17, 15) is 4.79 Å². The van der Waals surface area contributed by atoms with Gasteiger partial charge in [-0.15, -0.1) is 0 Å². The third-order valence-corrected chi connectivity index (χ3v) is 5.58. The second-order valence-corrected chi connectivity index (χ2v) is 7.79. The van der Waals surface area contributed by atoms with E-state index in [4.69, 9.17) is 5.73 Å². The molecule has 0 saturated carbocycles. The first-order valence-corrected chi connectivity index (χ1v) is 9.90. The third kappa shape index (κ3) is 4.76. The average Bonchev–Trinajstić information content (AvgIpc) is 3.14. The summed E-state index contributed by atoms with van der Waals surface area (Å²) in [5, 5.41) is 0. The number of carbonyl (C=O) groups excluding carboxylic acids is 1. The van der Waals surface area contributed by atoms with Crippen molar-refractivity contribution in [1.82, 2.24) is 9.80 Å². The summed E-state index contributed by atoms with van der Waals surface area (Å²) in [6, 6.07) is 20.3. The molecular formula is C23H31N3O. The summed E-state index contributed by atoms with van der Waals surface area (Å²) >= 11 is 0. The number of benzene rings is 2. The lowest BCUT2D eigenvalue weighted by atomic mass is 9.91. The Bertz CT molecular complexity index is 730. The van der Waals surface area contributed by atoms with E-state index < -0.39 is 5.54 Å². The number of likely N-dealkylation sites (N-methyl/N-ethyl adjacent to an activating group) is 1. The summed E-state index contributed by atoms with van der Waals surface area (Å²) in [5.74, 6) is 0.516. The van der Waals surface area contributed by atoms with Gasteiger partial charge in [-0.05, 0) is 43.9 Å². The Morgan fingerprint density at radius 2 is 1.78 bits per heavy atom. The van der Waals surface area contributed by atoms with Crippen LogP contribution in [-0.2, 0) is 16.9 Å². The summed E-state index contributed by atoms with van der Waals surface area (Å²) in [5.41, 5.74) is 7.69. The number of nitrogens with zero attached hydrogens (tertiary/aromatic N) is 2. The second-order valence-electron chi connectivity index (χ2n) is 7.79. The van der Waals surface area contributed by atoms with Crippen LogP contribution >= 0.6 is 0 Å².